The second kappa shape index (κ2) is 3.03. The van der Waals surface area contributed by atoms with Crippen LogP contribution in [0.4, 0.5) is 0 Å². The van der Waals surface area contributed by atoms with Crippen LogP contribution in [0.5, 0.6) is 0 Å². The number of hydrogen-bond donors (Lipinski definition) is 1. The molecule has 80 valence electrons. The van der Waals surface area contributed by atoms with Gasteiger partial charge in [0.25, 0.3) is 0 Å². The Morgan fingerprint density at radius 1 is 1.50 bits per heavy atom. The molecule has 1 N–H and O–H groups in total. The molecule has 0 spiro atoms. The Hall–Kier alpha value is -0.940. The summed E-state index contributed by atoms with van der Waals surface area (Å²) in [5.41, 5.74) is -1.55. The van der Waals surface area contributed by atoms with Crippen LogP contribution in [0.25, 0.3) is 0 Å². The number of carbonyl (C=O) groups is 1. The van der Waals surface area contributed by atoms with Gasteiger partial charge in [-0.25, -0.2) is 0 Å². The lowest BCUT2D eigenvalue weighted by atomic mass is 9.86. The van der Waals surface area contributed by atoms with Crippen LogP contribution >= 0.6 is 0 Å². The summed E-state index contributed by atoms with van der Waals surface area (Å²) in [6.07, 6.45) is 0.661. The van der Waals surface area contributed by atoms with Crippen molar-refractivity contribution in [1.82, 2.24) is 5.06 Å². The predicted molar refractivity (Wildman–Crippen MR) is 52.1 cm³/mol. The molecule has 1 aliphatic heterocycles. The van der Waals surface area contributed by atoms with Crippen LogP contribution in [-0.4, -0.2) is 33.3 Å². The Bertz CT molecular complexity index is 284. The molecule has 0 aromatic heterocycles. The summed E-state index contributed by atoms with van der Waals surface area (Å²) < 4.78 is 0. The first-order chi connectivity index (χ1) is 6.30. The van der Waals surface area contributed by atoms with Gasteiger partial charge < -0.3 is 20.3 Å². The van der Waals surface area contributed by atoms with Crippen LogP contribution in [0.3, 0.4) is 0 Å². The summed E-state index contributed by atoms with van der Waals surface area (Å²) in [6.45, 7) is 6.61. The fourth-order valence-corrected chi connectivity index (χ4v) is 2.08. The first kappa shape index (κ1) is 11.1. The highest BCUT2D eigenvalue weighted by molar-refractivity contribution is 6.06. The van der Waals surface area contributed by atoms with Crippen molar-refractivity contribution >= 4 is 12.0 Å². The van der Waals surface area contributed by atoms with Gasteiger partial charge in [-0.1, -0.05) is 5.16 Å². The molecule has 1 atom stereocenters. The molecule has 14 heavy (non-hydrogen) atoms. The van der Waals surface area contributed by atoms with Gasteiger partial charge in [-0.3, -0.25) is 0 Å². The fraction of sp³-hybridized carbons (Fsp3) is 0.778. The Labute approximate surface area is 83.0 Å². The SMILES string of the molecule is CC1(C)/C(=N/O)C(C=O)C(C)(C)N1[O-]. The second-order valence-electron chi connectivity index (χ2n) is 4.61. The minimum absolute atomic E-state index is 0.229. The van der Waals surface area contributed by atoms with E-state index >= 15 is 0 Å². The molecule has 1 aliphatic rings. The van der Waals surface area contributed by atoms with E-state index in [1.54, 1.807) is 27.7 Å². The van der Waals surface area contributed by atoms with E-state index in [-0.39, 0.29) is 5.71 Å². The number of carbonyl (C=O) groups excluding carboxylic acids is 1. The van der Waals surface area contributed by atoms with Crippen LogP contribution in [0.15, 0.2) is 5.16 Å². The average Bonchev–Trinajstić information content (AvgIpc) is 2.22. The Kier molecular flexibility index (Phi) is 2.41. The van der Waals surface area contributed by atoms with E-state index in [4.69, 9.17) is 5.21 Å². The molecule has 0 radical (unpaired) electrons. The average molecular weight is 199 g/mol. The molecule has 1 saturated heterocycles. The third-order valence-electron chi connectivity index (χ3n) is 2.96. The van der Waals surface area contributed by atoms with Crippen molar-refractivity contribution in [3.05, 3.63) is 5.21 Å². The van der Waals surface area contributed by atoms with Gasteiger partial charge in [0.05, 0.1) is 11.6 Å². The zero-order valence-corrected chi connectivity index (χ0v) is 8.81. The van der Waals surface area contributed by atoms with Crippen molar-refractivity contribution in [3.8, 4) is 0 Å². The number of rotatable bonds is 1. The molecule has 1 heterocycles. The highest BCUT2D eigenvalue weighted by atomic mass is 16.5. The molecule has 0 aromatic carbocycles. The largest absolute Gasteiger partial charge is 0.784 e. The van der Waals surface area contributed by atoms with Crippen molar-refractivity contribution in [1.29, 1.82) is 0 Å². The van der Waals surface area contributed by atoms with Crippen LogP contribution in [-0.2, 0) is 4.79 Å². The summed E-state index contributed by atoms with van der Waals surface area (Å²) >= 11 is 0. The first-order valence-electron chi connectivity index (χ1n) is 4.45. The van der Waals surface area contributed by atoms with E-state index in [9.17, 15) is 10.0 Å². The van der Waals surface area contributed by atoms with Gasteiger partial charge in [-0.15, -0.1) is 0 Å². The standard InChI is InChI=1S/C9H15N2O3/c1-8(2)6(5-12)7(10-13)9(3,4)11(8)14/h5-6,13H,1-4H3/q-1/b10-7+. The number of nitrogens with zero attached hydrogens (tertiary/aromatic N) is 2. The Morgan fingerprint density at radius 2 is 2.00 bits per heavy atom. The summed E-state index contributed by atoms with van der Waals surface area (Å²) in [5.74, 6) is -0.653. The van der Waals surface area contributed by atoms with Crippen LogP contribution in [0, 0.1) is 11.1 Å². The summed E-state index contributed by atoms with van der Waals surface area (Å²) in [4.78, 5) is 10.9. The van der Waals surface area contributed by atoms with Crippen molar-refractivity contribution in [2.75, 3.05) is 0 Å². The van der Waals surface area contributed by atoms with Crippen molar-refractivity contribution < 1.29 is 10.0 Å². The van der Waals surface area contributed by atoms with Gasteiger partial charge in [0, 0.05) is 11.1 Å². The summed E-state index contributed by atoms with van der Waals surface area (Å²) in [6, 6.07) is 0. The summed E-state index contributed by atoms with van der Waals surface area (Å²) in [5, 5.41) is 24.6. The Balaban J connectivity index is 3.28. The van der Waals surface area contributed by atoms with E-state index in [1.165, 1.54) is 0 Å². The van der Waals surface area contributed by atoms with Gasteiger partial charge >= 0.3 is 0 Å². The van der Waals surface area contributed by atoms with E-state index in [0.717, 1.165) is 5.06 Å². The third kappa shape index (κ3) is 1.16. The van der Waals surface area contributed by atoms with Gasteiger partial charge in [-0.2, -0.15) is 0 Å². The van der Waals surface area contributed by atoms with Gasteiger partial charge in [0.1, 0.15) is 6.29 Å². The van der Waals surface area contributed by atoms with Crippen molar-refractivity contribution in [2.24, 2.45) is 11.1 Å². The highest BCUT2D eigenvalue weighted by Crippen LogP contribution is 2.41. The summed E-state index contributed by atoms with van der Waals surface area (Å²) in [7, 11) is 0. The smallest absolute Gasteiger partial charge is 0.130 e. The zero-order chi connectivity index (χ0) is 11.1. The van der Waals surface area contributed by atoms with Crippen LogP contribution in [0.2, 0.25) is 0 Å². The molecule has 1 fully saturated rings. The molecule has 0 saturated carbocycles. The minimum Gasteiger partial charge on any atom is -0.784 e. The van der Waals surface area contributed by atoms with E-state index < -0.39 is 17.0 Å². The van der Waals surface area contributed by atoms with E-state index in [1.807, 2.05) is 0 Å². The monoisotopic (exact) mass is 199 g/mol. The quantitative estimate of drug-likeness (QED) is 0.388. The van der Waals surface area contributed by atoms with Crippen molar-refractivity contribution in [2.45, 2.75) is 38.8 Å². The molecule has 0 aliphatic carbocycles. The number of oxime groups is 1. The molecule has 5 nitrogen and oxygen atoms in total. The molecule has 1 unspecified atom stereocenters. The number of hydroxylamine groups is 2. The minimum atomic E-state index is -0.927. The molecule has 0 bridgehead atoms. The lowest BCUT2D eigenvalue weighted by molar-refractivity contribution is -0.111. The topological polar surface area (TPSA) is 76.0 Å². The number of aldehydes is 1. The molecular weight excluding hydrogens is 184 g/mol. The van der Waals surface area contributed by atoms with Gasteiger partial charge in [0.2, 0.25) is 0 Å². The maximum absolute atomic E-state index is 11.9. The lowest BCUT2D eigenvalue weighted by Crippen LogP contribution is -2.46. The maximum atomic E-state index is 11.9. The second-order valence-corrected chi connectivity index (χ2v) is 4.61. The van der Waals surface area contributed by atoms with E-state index in [0.29, 0.717) is 6.29 Å². The molecule has 1 rings (SSSR count). The zero-order valence-electron chi connectivity index (χ0n) is 8.81. The Morgan fingerprint density at radius 3 is 2.29 bits per heavy atom. The van der Waals surface area contributed by atoms with Crippen LogP contribution < -0.4 is 0 Å². The van der Waals surface area contributed by atoms with Crippen molar-refractivity contribution in [3.63, 3.8) is 0 Å². The third-order valence-corrected chi connectivity index (χ3v) is 2.96. The first-order valence-corrected chi connectivity index (χ1v) is 4.45. The maximum Gasteiger partial charge on any atom is 0.130 e. The highest BCUT2D eigenvalue weighted by Gasteiger charge is 2.52. The number of hydrogen-bond acceptors (Lipinski definition) is 5. The molecular formula is C9H15N2O3-. The molecule has 5 heteroatoms. The lowest BCUT2D eigenvalue weighted by Gasteiger charge is -2.45. The predicted octanol–water partition coefficient (Wildman–Crippen LogP) is 1.00. The van der Waals surface area contributed by atoms with Gasteiger partial charge in [-0.05, 0) is 27.7 Å². The molecule has 0 aromatic rings. The van der Waals surface area contributed by atoms with Crippen LogP contribution in [0.1, 0.15) is 27.7 Å². The van der Waals surface area contributed by atoms with Gasteiger partial charge in [0.15, 0.2) is 0 Å². The normalized spacial score (nSPS) is 33.5. The molecule has 0 amide bonds. The fourth-order valence-electron chi connectivity index (χ4n) is 2.08. The van der Waals surface area contributed by atoms with E-state index in [2.05, 4.69) is 5.16 Å².